The van der Waals surface area contributed by atoms with Crippen LogP contribution in [0.5, 0.6) is 0 Å². The van der Waals surface area contributed by atoms with E-state index in [4.69, 9.17) is 9.72 Å². The summed E-state index contributed by atoms with van der Waals surface area (Å²) in [7, 11) is 0. The summed E-state index contributed by atoms with van der Waals surface area (Å²) in [6.45, 7) is 13.8. The second kappa shape index (κ2) is 11.7. The molecule has 0 saturated carbocycles. The summed E-state index contributed by atoms with van der Waals surface area (Å²) < 4.78 is 8.60. The summed E-state index contributed by atoms with van der Waals surface area (Å²) >= 11 is 0. The van der Waals surface area contributed by atoms with Crippen molar-refractivity contribution in [3.8, 4) is 5.82 Å². The molecule has 2 N–H and O–H groups in total. The number of aromatic nitrogens is 5. The number of fused-ring (bicyclic) bond motifs is 1. The standard InChI is InChI=1S/C34H42N8O3/c1-4-16-41-31(43)27-21-35-32(38-30(27)42(41)29-7-5-6-28(37-29)33(2,3)44)36-24-8-10-25(11-9-24)39-17-12-34(13-18-39)14-19-40(20-15-34)26-22-45-23-26/h4-11,21,26,44H,1,12-20,22-23H2,2-3H3,(H,35,36,38). The maximum absolute atomic E-state index is 13.3. The van der Waals surface area contributed by atoms with E-state index in [2.05, 4.69) is 55.9 Å². The van der Waals surface area contributed by atoms with Crippen LogP contribution in [0.3, 0.4) is 0 Å². The van der Waals surface area contributed by atoms with Gasteiger partial charge in [0.05, 0.1) is 31.5 Å². The third-order valence-corrected chi connectivity index (χ3v) is 9.86. The molecule has 11 heteroatoms. The van der Waals surface area contributed by atoms with Gasteiger partial charge in [-0.15, -0.1) is 6.58 Å². The Hall–Kier alpha value is -4.06. The lowest BCUT2D eigenvalue weighted by Gasteiger charge is -2.50. The van der Waals surface area contributed by atoms with Crippen LogP contribution in [0.1, 0.15) is 45.2 Å². The molecule has 3 aliphatic heterocycles. The van der Waals surface area contributed by atoms with Gasteiger partial charge in [0.1, 0.15) is 11.0 Å². The van der Waals surface area contributed by atoms with Gasteiger partial charge >= 0.3 is 0 Å². The number of benzene rings is 1. The largest absolute Gasteiger partial charge is 0.384 e. The Bertz CT molecular complexity index is 1730. The minimum atomic E-state index is -1.14. The molecule has 3 fully saturated rings. The van der Waals surface area contributed by atoms with Crippen molar-refractivity contribution in [2.75, 3.05) is 49.6 Å². The molecule has 11 nitrogen and oxygen atoms in total. The van der Waals surface area contributed by atoms with Crippen molar-refractivity contribution >= 4 is 28.4 Å². The topological polar surface area (TPSA) is 114 Å². The maximum atomic E-state index is 13.3. The molecule has 3 saturated heterocycles. The van der Waals surface area contributed by atoms with Gasteiger partial charge in [-0.05, 0) is 94.4 Å². The predicted octanol–water partition coefficient (Wildman–Crippen LogP) is 4.22. The predicted molar refractivity (Wildman–Crippen MR) is 175 cm³/mol. The molecular formula is C34H42N8O3. The van der Waals surface area contributed by atoms with E-state index in [0.717, 1.165) is 32.0 Å². The SMILES string of the molecule is C=CCn1c(=O)c2cnc(Nc3ccc(N4CCC5(CC4)CCN(C4COC4)CC5)cc3)nc2n1-c1cccc(C(C)(C)O)n1. The molecule has 0 atom stereocenters. The van der Waals surface area contributed by atoms with Gasteiger partial charge < -0.3 is 20.1 Å². The monoisotopic (exact) mass is 610 g/mol. The Morgan fingerprint density at radius 1 is 1.04 bits per heavy atom. The van der Waals surface area contributed by atoms with Crippen LogP contribution in [-0.2, 0) is 16.9 Å². The number of hydrogen-bond donors (Lipinski definition) is 2. The highest BCUT2D eigenvalue weighted by molar-refractivity contribution is 5.77. The zero-order valence-corrected chi connectivity index (χ0v) is 26.2. The average Bonchev–Trinajstić information content (AvgIpc) is 3.28. The molecule has 3 aliphatic rings. The first-order valence-electron chi connectivity index (χ1n) is 16.0. The third-order valence-electron chi connectivity index (χ3n) is 9.86. The Morgan fingerprint density at radius 2 is 1.76 bits per heavy atom. The Labute approximate surface area is 263 Å². The van der Waals surface area contributed by atoms with Crippen molar-refractivity contribution in [2.24, 2.45) is 5.41 Å². The molecule has 6 heterocycles. The van der Waals surface area contributed by atoms with Gasteiger partial charge in [0.15, 0.2) is 11.5 Å². The van der Waals surface area contributed by atoms with E-state index < -0.39 is 5.60 Å². The number of likely N-dealkylation sites (tertiary alicyclic amines) is 1. The van der Waals surface area contributed by atoms with Crippen molar-refractivity contribution in [1.29, 1.82) is 0 Å². The summed E-state index contributed by atoms with van der Waals surface area (Å²) in [5.74, 6) is 0.845. The molecule has 4 aromatic rings. The van der Waals surface area contributed by atoms with E-state index in [1.165, 1.54) is 49.1 Å². The molecule has 45 heavy (non-hydrogen) atoms. The number of rotatable bonds is 8. The summed E-state index contributed by atoms with van der Waals surface area (Å²) in [6.07, 6.45) is 8.30. The van der Waals surface area contributed by atoms with Gasteiger partial charge in [-0.25, -0.2) is 19.3 Å². The normalized spacial score (nSPS) is 19.1. The minimum Gasteiger partial charge on any atom is -0.384 e. The van der Waals surface area contributed by atoms with Crippen LogP contribution in [0.4, 0.5) is 17.3 Å². The molecule has 1 aromatic carbocycles. The van der Waals surface area contributed by atoms with Crippen molar-refractivity contribution < 1.29 is 9.84 Å². The number of piperidine rings is 2. The van der Waals surface area contributed by atoms with Crippen LogP contribution in [0.2, 0.25) is 0 Å². The molecule has 1 spiro atoms. The quantitative estimate of drug-likeness (QED) is 0.283. The number of nitrogens with zero attached hydrogens (tertiary/aromatic N) is 7. The first-order valence-corrected chi connectivity index (χ1v) is 16.0. The van der Waals surface area contributed by atoms with Crippen LogP contribution < -0.4 is 15.8 Å². The highest BCUT2D eigenvalue weighted by atomic mass is 16.5. The molecule has 0 aliphatic carbocycles. The number of aliphatic hydroxyl groups is 1. The second-order valence-electron chi connectivity index (χ2n) is 13.2. The summed E-state index contributed by atoms with van der Waals surface area (Å²) in [4.78, 5) is 32.3. The number of pyridine rings is 1. The van der Waals surface area contributed by atoms with Crippen molar-refractivity contribution in [2.45, 2.75) is 57.7 Å². The molecule has 0 unspecified atom stereocenters. The van der Waals surface area contributed by atoms with Gasteiger partial charge in [-0.3, -0.25) is 9.69 Å². The van der Waals surface area contributed by atoms with E-state index in [9.17, 15) is 9.90 Å². The minimum absolute atomic E-state index is 0.238. The van der Waals surface area contributed by atoms with Gasteiger partial charge in [-0.2, -0.15) is 4.98 Å². The number of allylic oxidation sites excluding steroid dienone is 1. The number of anilines is 3. The molecule has 0 radical (unpaired) electrons. The third kappa shape index (κ3) is 5.76. The zero-order chi connectivity index (χ0) is 31.2. The van der Waals surface area contributed by atoms with Crippen LogP contribution in [0, 0.1) is 5.41 Å². The fourth-order valence-corrected chi connectivity index (χ4v) is 6.91. The van der Waals surface area contributed by atoms with Gasteiger partial charge in [-0.1, -0.05) is 12.1 Å². The van der Waals surface area contributed by atoms with E-state index >= 15 is 0 Å². The molecule has 7 rings (SSSR count). The zero-order valence-electron chi connectivity index (χ0n) is 26.2. The molecule has 236 valence electrons. The number of hydrogen-bond acceptors (Lipinski definition) is 9. The first-order chi connectivity index (χ1) is 21.7. The summed E-state index contributed by atoms with van der Waals surface area (Å²) in [5, 5.41) is 14.2. The maximum Gasteiger partial charge on any atom is 0.278 e. The van der Waals surface area contributed by atoms with Gasteiger partial charge in [0, 0.05) is 30.7 Å². The molecular weight excluding hydrogens is 568 g/mol. The summed E-state index contributed by atoms with van der Waals surface area (Å²) in [6, 6.07) is 14.4. The van der Waals surface area contributed by atoms with Crippen molar-refractivity contribution in [3.05, 3.63) is 77.4 Å². The first kappa shape index (κ1) is 29.6. The van der Waals surface area contributed by atoms with Crippen LogP contribution in [0.25, 0.3) is 16.9 Å². The molecule has 0 amide bonds. The van der Waals surface area contributed by atoms with E-state index in [-0.39, 0.29) is 12.1 Å². The number of ether oxygens (including phenoxy) is 1. The van der Waals surface area contributed by atoms with E-state index in [1.54, 1.807) is 42.9 Å². The van der Waals surface area contributed by atoms with E-state index in [0.29, 0.717) is 40.0 Å². The Kier molecular flexibility index (Phi) is 7.71. The van der Waals surface area contributed by atoms with Gasteiger partial charge in [0.25, 0.3) is 5.56 Å². The van der Waals surface area contributed by atoms with Gasteiger partial charge in [0.2, 0.25) is 5.95 Å². The second-order valence-corrected chi connectivity index (χ2v) is 13.2. The Balaban J connectivity index is 1.07. The van der Waals surface area contributed by atoms with Crippen molar-refractivity contribution in [3.63, 3.8) is 0 Å². The smallest absolute Gasteiger partial charge is 0.278 e. The lowest BCUT2D eigenvalue weighted by atomic mass is 9.71. The van der Waals surface area contributed by atoms with Crippen LogP contribution in [-0.4, -0.2) is 79.8 Å². The fraction of sp³-hybridized carbons (Fsp3) is 0.471. The Morgan fingerprint density at radius 3 is 2.40 bits per heavy atom. The molecule has 3 aromatic heterocycles. The lowest BCUT2D eigenvalue weighted by molar-refractivity contribution is -0.0834. The van der Waals surface area contributed by atoms with Crippen LogP contribution in [0.15, 0.2) is 66.1 Å². The number of nitrogens with one attached hydrogen (secondary N) is 1. The highest BCUT2D eigenvalue weighted by Crippen LogP contribution is 2.43. The van der Waals surface area contributed by atoms with Crippen LogP contribution >= 0.6 is 0 Å². The highest BCUT2D eigenvalue weighted by Gasteiger charge is 2.40. The van der Waals surface area contributed by atoms with E-state index in [1.807, 2.05) is 6.07 Å². The summed E-state index contributed by atoms with van der Waals surface area (Å²) in [5.41, 5.74) is 2.11. The van der Waals surface area contributed by atoms with Crippen molar-refractivity contribution in [1.82, 2.24) is 29.2 Å². The average molecular weight is 611 g/mol. The fourth-order valence-electron chi connectivity index (χ4n) is 6.91. The molecule has 0 bridgehead atoms. The lowest BCUT2D eigenvalue weighted by Crippen LogP contribution is -2.54.